The smallest absolute Gasteiger partial charge is 0.251 e. The molecule has 3 atom stereocenters. The van der Waals surface area contributed by atoms with Gasteiger partial charge in [-0.3, -0.25) is 4.79 Å². The number of hydrogen-bond acceptors (Lipinski definition) is 2. The quantitative estimate of drug-likeness (QED) is 0.818. The summed E-state index contributed by atoms with van der Waals surface area (Å²) in [6.07, 6.45) is 5.02. The van der Waals surface area contributed by atoms with Crippen LogP contribution in [0.5, 0.6) is 0 Å². The summed E-state index contributed by atoms with van der Waals surface area (Å²) in [5.74, 6) is 7.04. The van der Waals surface area contributed by atoms with Gasteiger partial charge in [0.05, 0.1) is 0 Å². The van der Waals surface area contributed by atoms with Crippen molar-refractivity contribution in [2.75, 3.05) is 6.61 Å². The first-order chi connectivity index (χ1) is 10.2. The molecule has 3 nitrogen and oxygen atoms in total. The molecule has 3 heteroatoms. The van der Waals surface area contributed by atoms with Gasteiger partial charge in [-0.2, -0.15) is 0 Å². The maximum absolute atomic E-state index is 12.4. The first-order valence-corrected chi connectivity index (χ1v) is 7.68. The van der Waals surface area contributed by atoms with Crippen molar-refractivity contribution in [3.05, 3.63) is 34.9 Å². The molecule has 2 aliphatic carbocycles. The van der Waals surface area contributed by atoms with Gasteiger partial charge in [0.1, 0.15) is 6.61 Å². The number of amides is 1. The van der Waals surface area contributed by atoms with E-state index in [1.807, 2.05) is 25.1 Å². The Morgan fingerprint density at radius 3 is 2.90 bits per heavy atom. The lowest BCUT2D eigenvalue weighted by molar-refractivity contribution is 0.0923. The zero-order valence-corrected chi connectivity index (χ0v) is 12.4. The predicted octanol–water partition coefficient (Wildman–Crippen LogP) is 2.26. The fraction of sp³-hybridized carbons (Fsp3) is 0.500. The second-order valence-corrected chi connectivity index (χ2v) is 6.24. The Morgan fingerprint density at radius 1 is 1.38 bits per heavy atom. The van der Waals surface area contributed by atoms with E-state index in [1.165, 1.54) is 19.3 Å². The third kappa shape index (κ3) is 2.96. The molecule has 0 aliphatic heterocycles. The van der Waals surface area contributed by atoms with E-state index in [-0.39, 0.29) is 12.5 Å². The van der Waals surface area contributed by atoms with Gasteiger partial charge in [-0.25, -0.2) is 0 Å². The summed E-state index contributed by atoms with van der Waals surface area (Å²) in [6.45, 7) is 1.79. The Hall–Kier alpha value is -1.79. The molecular weight excluding hydrogens is 262 g/mol. The van der Waals surface area contributed by atoms with Crippen LogP contribution in [0.25, 0.3) is 0 Å². The normalized spacial score (nSPS) is 26.3. The Labute approximate surface area is 125 Å². The molecule has 3 rings (SSSR count). The molecule has 3 unspecified atom stereocenters. The number of rotatable bonds is 2. The highest BCUT2D eigenvalue weighted by Gasteiger charge is 2.40. The van der Waals surface area contributed by atoms with Gasteiger partial charge in [-0.15, -0.1) is 0 Å². The maximum atomic E-state index is 12.4. The van der Waals surface area contributed by atoms with Crippen LogP contribution >= 0.6 is 0 Å². The third-order valence-corrected chi connectivity index (χ3v) is 4.86. The Balaban J connectivity index is 1.72. The lowest BCUT2D eigenvalue weighted by Gasteiger charge is -2.23. The highest BCUT2D eigenvalue weighted by molar-refractivity contribution is 5.95. The lowest BCUT2D eigenvalue weighted by Crippen LogP contribution is -2.38. The summed E-state index contributed by atoms with van der Waals surface area (Å²) in [5.41, 5.74) is 2.49. The average Bonchev–Trinajstić information content (AvgIpc) is 3.09. The fourth-order valence-corrected chi connectivity index (χ4v) is 3.71. The van der Waals surface area contributed by atoms with Gasteiger partial charge >= 0.3 is 0 Å². The summed E-state index contributed by atoms with van der Waals surface area (Å²) < 4.78 is 0. The van der Waals surface area contributed by atoms with Crippen molar-refractivity contribution in [2.24, 2.45) is 11.8 Å². The van der Waals surface area contributed by atoms with Crippen molar-refractivity contribution in [3.63, 3.8) is 0 Å². The predicted molar refractivity (Wildman–Crippen MR) is 81.8 cm³/mol. The molecule has 1 amide bonds. The van der Waals surface area contributed by atoms with Crippen LogP contribution in [-0.4, -0.2) is 23.7 Å². The number of carbonyl (C=O) groups excluding carboxylic acids is 1. The Morgan fingerprint density at radius 2 is 2.24 bits per heavy atom. The highest BCUT2D eigenvalue weighted by Crippen LogP contribution is 2.44. The van der Waals surface area contributed by atoms with E-state index in [0.717, 1.165) is 23.5 Å². The number of benzene rings is 1. The third-order valence-electron chi connectivity index (χ3n) is 4.86. The second-order valence-electron chi connectivity index (χ2n) is 6.24. The zero-order valence-electron chi connectivity index (χ0n) is 12.4. The SMILES string of the molecule is Cc1ccc(C(=O)NC2CC3CCC2C3)cc1C#CCO. The molecule has 0 heterocycles. The van der Waals surface area contributed by atoms with Gasteiger partial charge in [0, 0.05) is 17.2 Å². The molecule has 2 fully saturated rings. The molecule has 21 heavy (non-hydrogen) atoms. The molecule has 2 bridgehead atoms. The number of nitrogens with one attached hydrogen (secondary N) is 1. The molecule has 2 saturated carbocycles. The number of hydrogen-bond donors (Lipinski definition) is 2. The Bertz CT molecular complexity index is 611. The molecule has 2 N–H and O–H groups in total. The van der Waals surface area contributed by atoms with E-state index in [0.29, 0.717) is 17.5 Å². The minimum Gasteiger partial charge on any atom is -0.384 e. The van der Waals surface area contributed by atoms with Crippen LogP contribution in [0.2, 0.25) is 0 Å². The van der Waals surface area contributed by atoms with E-state index in [2.05, 4.69) is 17.2 Å². The number of aliphatic hydroxyl groups excluding tert-OH is 1. The van der Waals surface area contributed by atoms with E-state index in [1.54, 1.807) is 0 Å². The molecule has 0 aromatic heterocycles. The van der Waals surface area contributed by atoms with E-state index in [9.17, 15) is 4.79 Å². The van der Waals surface area contributed by atoms with Crippen LogP contribution in [0, 0.1) is 30.6 Å². The van der Waals surface area contributed by atoms with Crippen molar-refractivity contribution in [3.8, 4) is 11.8 Å². The molecule has 0 saturated heterocycles. The van der Waals surface area contributed by atoms with Gasteiger partial charge in [0.15, 0.2) is 0 Å². The molecule has 1 aromatic carbocycles. The summed E-state index contributed by atoms with van der Waals surface area (Å²) in [6, 6.07) is 5.93. The average molecular weight is 283 g/mol. The summed E-state index contributed by atoms with van der Waals surface area (Å²) in [5, 5.41) is 12.0. The molecule has 1 aromatic rings. The van der Waals surface area contributed by atoms with E-state index >= 15 is 0 Å². The van der Waals surface area contributed by atoms with Crippen LogP contribution in [0.3, 0.4) is 0 Å². The highest BCUT2D eigenvalue weighted by atomic mass is 16.2. The Kier molecular flexibility index (Phi) is 3.98. The first-order valence-electron chi connectivity index (χ1n) is 7.68. The fourth-order valence-electron chi connectivity index (χ4n) is 3.71. The summed E-state index contributed by atoms with van der Waals surface area (Å²) in [7, 11) is 0. The van der Waals surface area contributed by atoms with Crippen LogP contribution in [0.15, 0.2) is 18.2 Å². The minimum atomic E-state index is -0.166. The van der Waals surface area contributed by atoms with Gasteiger partial charge in [-0.1, -0.05) is 24.3 Å². The largest absolute Gasteiger partial charge is 0.384 e. The van der Waals surface area contributed by atoms with Crippen molar-refractivity contribution in [1.82, 2.24) is 5.32 Å². The standard InChI is InChI=1S/C18H21NO2/c1-12-4-6-16(11-14(12)3-2-8-20)18(21)19-17-10-13-5-7-15(17)9-13/h4,6,11,13,15,17,20H,5,7-10H2,1H3,(H,19,21). The molecular formula is C18H21NO2. The summed E-state index contributed by atoms with van der Waals surface area (Å²) >= 11 is 0. The number of carbonyl (C=O) groups is 1. The first kappa shape index (κ1) is 14.2. The van der Waals surface area contributed by atoms with Gasteiger partial charge < -0.3 is 10.4 Å². The summed E-state index contributed by atoms with van der Waals surface area (Å²) in [4.78, 5) is 12.4. The van der Waals surface area contributed by atoms with Crippen LogP contribution < -0.4 is 5.32 Å². The number of aryl methyl sites for hydroxylation is 1. The van der Waals surface area contributed by atoms with Crippen LogP contribution in [0.1, 0.15) is 47.2 Å². The van der Waals surface area contributed by atoms with Crippen molar-refractivity contribution < 1.29 is 9.90 Å². The lowest BCUT2D eigenvalue weighted by atomic mass is 9.95. The second kappa shape index (κ2) is 5.91. The topological polar surface area (TPSA) is 49.3 Å². The molecule has 2 aliphatic rings. The molecule has 0 spiro atoms. The van der Waals surface area contributed by atoms with Gasteiger partial charge in [0.25, 0.3) is 5.91 Å². The van der Waals surface area contributed by atoms with Gasteiger partial charge in [-0.05, 0) is 55.7 Å². The van der Waals surface area contributed by atoms with E-state index < -0.39 is 0 Å². The molecule has 0 radical (unpaired) electrons. The monoisotopic (exact) mass is 283 g/mol. The number of aliphatic hydroxyl groups is 1. The van der Waals surface area contributed by atoms with Crippen molar-refractivity contribution in [2.45, 2.75) is 38.6 Å². The molecule has 110 valence electrons. The van der Waals surface area contributed by atoms with Gasteiger partial charge in [0.2, 0.25) is 0 Å². The minimum absolute atomic E-state index is 0.000372. The van der Waals surface area contributed by atoms with Crippen LogP contribution in [-0.2, 0) is 0 Å². The maximum Gasteiger partial charge on any atom is 0.251 e. The van der Waals surface area contributed by atoms with Crippen molar-refractivity contribution in [1.29, 1.82) is 0 Å². The number of fused-ring (bicyclic) bond motifs is 2. The van der Waals surface area contributed by atoms with E-state index in [4.69, 9.17) is 5.11 Å². The van der Waals surface area contributed by atoms with Crippen molar-refractivity contribution >= 4 is 5.91 Å². The van der Waals surface area contributed by atoms with Crippen LogP contribution in [0.4, 0.5) is 0 Å². The zero-order chi connectivity index (χ0) is 14.8.